The summed E-state index contributed by atoms with van der Waals surface area (Å²) in [6.45, 7) is -0.607. The summed E-state index contributed by atoms with van der Waals surface area (Å²) in [4.78, 5) is 11.0. The van der Waals surface area contributed by atoms with Gasteiger partial charge < -0.3 is 20.6 Å². The quantitative estimate of drug-likeness (QED) is 0.616. The first-order valence-corrected chi connectivity index (χ1v) is 4.98. The minimum Gasteiger partial charge on any atom is -0.478 e. The maximum Gasteiger partial charge on any atom is 0.339 e. The molecule has 0 spiro atoms. The second kappa shape index (κ2) is 5.69. The number of anilines is 1. The van der Waals surface area contributed by atoms with Gasteiger partial charge in [0.25, 0.3) is 0 Å². The lowest BCUT2D eigenvalue weighted by Gasteiger charge is -2.16. The predicted molar refractivity (Wildman–Crippen MR) is 60.0 cm³/mol. The lowest BCUT2D eigenvalue weighted by molar-refractivity contribution is 0.0698. The van der Waals surface area contributed by atoms with E-state index in [-0.39, 0.29) is 29.5 Å². The van der Waals surface area contributed by atoms with Gasteiger partial charge in [0.15, 0.2) is 0 Å². The SMILES string of the molecule is O=C(O)c1c(Cl)cccc1NC(CO)CO. The molecule has 0 bridgehead atoms. The van der Waals surface area contributed by atoms with Crippen molar-refractivity contribution in [1.29, 1.82) is 0 Å². The summed E-state index contributed by atoms with van der Waals surface area (Å²) < 4.78 is 0. The van der Waals surface area contributed by atoms with Gasteiger partial charge in [-0.3, -0.25) is 0 Å². The number of nitrogens with one attached hydrogen (secondary N) is 1. The summed E-state index contributed by atoms with van der Waals surface area (Å²) in [6.07, 6.45) is 0. The number of carbonyl (C=O) groups is 1. The van der Waals surface area contributed by atoms with Crippen molar-refractivity contribution in [3.05, 3.63) is 28.8 Å². The third-order valence-electron chi connectivity index (χ3n) is 2.03. The number of rotatable bonds is 5. The molecule has 16 heavy (non-hydrogen) atoms. The maximum atomic E-state index is 11.0. The molecule has 0 heterocycles. The maximum absolute atomic E-state index is 11.0. The van der Waals surface area contributed by atoms with Crippen LogP contribution in [0, 0.1) is 0 Å². The highest BCUT2D eigenvalue weighted by Gasteiger charge is 2.16. The zero-order valence-corrected chi connectivity index (χ0v) is 9.11. The van der Waals surface area contributed by atoms with Crippen LogP contribution in [-0.2, 0) is 0 Å². The standard InChI is InChI=1S/C10H12ClNO4/c11-7-2-1-3-8(9(7)10(15)16)12-6(4-13)5-14/h1-3,6,12-14H,4-5H2,(H,15,16). The van der Waals surface area contributed by atoms with Gasteiger partial charge in [-0.25, -0.2) is 4.79 Å². The molecule has 0 saturated carbocycles. The number of aliphatic hydroxyl groups excluding tert-OH is 2. The summed E-state index contributed by atoms with van der Waals surface area (Å²) in [6, 6.07) is 3.95. The summed E-state index contributed by atoms with van der Waals surface area (Å²) in [5.74, 6) is -1.16. The van der Waals surface area contributed by atoms with Gasteiger partial charge in [0, 0.05) is 0 Å². The molecule has 1 rings (SSSR count). The first-order chi connectivity index (χ1) is 7.60. The minimum atomic E-state index is -1.16. The number of hydrogen-bond donors (Lipinski definition) is 4. The van der Waals surface area contributed by atoms with Crippen LogP contribution in [0.4, 0.5) is 5.69 Å². The van der Waals surface area contributed by atoms with Gasteiger partial charge >= 0.3 is 5.97 Å². The fraction of sp³-hybridized carbons (Fsp3) is 0.300. The number of aromatic carboxylic acids is 1. The molecule has 1 aromatic carbocycles. The van der Waals surface area contributed by atoms with Crippen molar-refractivity contribution in [2.75, 3.05) is 18.5 Å². The Kier molecular flexibility index (Phi) is 4.54. The van der Waals surface area contributed by atoms with Gasteiger partial charge in [-0.2, -0.15) is 0 Å². The number of carboxylic acids is 1. The van der Waals surface area contributed by atoms with Crippen LogP contribution in [0.25, 0.3) is 0 Å². The van der Waals surface area contributed by atoms with Crippen molar-refractivity contribution >= 4 is 23.3 Å². The molecular weight excluding hydrogens is 234 g/mol. The molecule has 5 nitrogen and oxygen atoms in total. The zero-order chi connectivity index (χ0) is 12.1. The largest absolute Gasteiger partial charge is 0.478 e. The lowest BCUT2D eigenvalue weighted by Crippen LogP contribution is -2.28. The third kappa shape index (κ3) is 2.85. The Labute approximate surface area is 97.3 Å². The number of aliphatic hydroxyl groups is 2. The molecule has 0 atom stereocenters. The van der Waals surface area contributed by atoms with Gasteiger partial charge in [-0.1, -0.05) is 17.7 Å². The van der Waals surface area contributed by atoms with Crippen molar-refractivity contribution in [2.45, 2.75) is 6.04 Å². The zero-order valence-electron chi connectivity index (χ0n) is 8.35. The normalized spacial score (nSPS) is 10.5. The van der Waals surface area contributed by atoms with E-state index in [0.29, 0.717) is 0 Å². The molecular formula is C10H12ClNO4. The number of halogens is 1. The van der Waals surface area contributed by atoms with E-state index in [1.54, 1.807) is 6.07 Å². The number of carboxylic acid groups (broad SMARTS) is 1. The molecule has 0 aliphatic carbocycles. The molecule has 1 aromatic rings. The van der Waals surface area contributed by atoms with Gasteiger partial charge in [0.1, 0.15) is 5.56 Å². The van der Waals surface area contributed by atoms with E-state index in [1.807, 2.05) is 0 Å². The van der Waals surface area contributed by atoms with Crippen LogP contribution < -0.4 is 5.32 Å². The third-order valence-corrected chi connectivity index (χ3v) is 2.34. The molecule has 0 saturated heterocycles. The second-order valence-corrected chi connectivity index (χ2v) is 3.58. The predicted octanol–water partition coefficient (Wildman–Crippen LogP) is 0.803. The van der Waals surface area contributed by atoms with Crippen molar-refractivity contribution in [3.8, 4) is 0 Å². The summed E-state index contributed by atoms with van der Waals surface area (Å²) >= 11 is 5.75. The van der Waals surface area contributed by atoms with E-state index < -0.39 is 12.0 Å². The Balaban J connectivity index is 3.03. The van der Waals surface area contributed by atoms with Crippen LogP contribution in [0.3, 0.4) is 0 Å². The van der Waals surface area contributed by atoms with Crippen LogP contribution >= 0.6 is 11.6 Å². The molecule has 0 radical (unpaired) electrons. The van der Waals surface area contributed by atoms with Crippen molar-refractivity contribution < 1.29 is 20.1 Å². The first kappa shape index (κ1) is 12.8. The van der Waals surface area contributed by atoms with E-state index in [9.17, 15) is 4.79 Å². The average molecular weight is 246 g/mol. The van der Waals surface area contributed by atoms with Gasteiger partial charge in [0.2, 0.25) is 0 Å². The molecule has 0 fully saturated rings. The van der Waals surface area contributed by atoms with Crippen LogP contribution in [-0.4, -0.2) is 40.5 Å². The molecule has 0 amide bonds. The highest BCUT2D eigenvalue weighted by molar-refractivity contribution is 6.34. The Morgan fingerprint density at radius 1 is 1.38 bits per heavy atom. The van der Waals surface area contributed by atoms with Crippen molar-refractivity contribution in [1.82, 2.24) is 0 Å². The topological polar surface area (TPSA) is 89.8 Å². The average Bonchev–Trinajstić information content (AvgIpc) is 2.25. The van der Waals surface area contributed by atoms with Gasteiger partial charge in [-0.05, 0) is 12.1 Å². The summed E-state index contributed by atoms with van der Waals surface area (Å²) in [5, 5.41) is 29.5. The molecule has 0 aromatic heterocycles. The first-order valence-electron chi connectivity index (χ1n) is 4.60. The summed E-state index contributed by atoms with van der Waals surface area (Å²) in [7, 11) is 0. The van der Waals surface area contributed by atoms with E-state index in [1.165, 1.54) is 12.1 Å². The molecule has 0 unspecified atom stereocenters. The van der Waals surface area contributed by atoms with Crippen molar-refractivity contribution in [3.63, 3.8) is 0 Å². The smallest absolute Gasteiger partial charge is 0.339 e. The molecule has 4 N–H and O–H groups in total. The van der Waals surface area contributed by atoms with Crippen molar-refractivity contribution in [2.24, 2.45) is 0 Å². The van der Waals surface area contributed by atoms with E-state index in [0.717, 1.165) is 0 Å². The Bertz CT molecular complexity index is 379. The van der Waals surface area contributed by atoms with Gasteiger partial charge in [0.05, 0.1) is 30.0 Å². The minimum absolute atomic E-state index is 0.0731. The van der Waals surface area contributed by atoms with Crippen LogP contribution in [0.1, 0.15) is 10.4 Å². The second-order valence-electron chi connectivity index (χ2n) is 3.17. The molecule has 88 valence electrons. The van der Waals surface area contributed by atoms with Crippen LogP contribution in [0.5, 0.6) is 0 Å². The Hall–Kier alpha value is -1.30. The van der Waals surface area contributed by atoms with Crippen LogP contribution in [0.2, 0.25) is 5.02 Å². The van der Waals surface area contributed by atoms with E-state index in [2.05, 4.69) is 5.32 Å². The van der Waals surface area contributed by atoms with E-state index in [4.69, 9.17) is 26.9 Å². The van der Waals surface area contributed by atoms with Crippen LogP contribution in [0.15, 0.2) is 18.2 Å². The highest BCUT2D eigenvalue weighted by Crippen LogP contribution is 2.24. The summed E-state index contributed by atoms with van der Waals surface area (Å²) in [5.41, 5.74) is 0.198. The Morgan fingerprint density at radius 3 is 2.50 bits per heavy atom. The fourth-order valence-corrected chi connectivity index (χ4v) is 1.49. The molecule has 0 aliphatic rings. The highest BCUT2D eigenvalue weighted by atomic mass is 35.5. The van der Waals surface area contributed by atoms with E-state index >= 15 is 0 Å². The fourth-order valence-electron chi connectivity index (χ4n) is 1.23. The van der Waals surface area contributed by atoms with Gasteiger partial charge in [-0.15, -0.1) is 0 Å². The molecule has 6 heteroatoms. The Morgan fingerprint density at radius 2 is 2.00 bits per heavy atom. The number of hydrogen-bond acceptors (Lipinski definition) is 4. The molecule has 0 aliphatic heterocycles. The lowest BCUT2D eigenvalue weighted by atomic mass is 10.1. The monoisotopic (exact) mass is 245 g/mol. The number of benzene rings is 1.